The van der Waals surface area contributed by atoms with Gasteiger partial charge in [0, 0.05) is 17.7 Å². The molecule has 0 saturated carbocycles. The number of ketones is 1. The van der Waals surface area contributed by atoms with Crippen molar-refractivity contribution >= 4 is 29.1 Å². The summed E-state index contributed by atoms with van der Waals surface area (Å²) in [5, 5.41) is 28.2. The number of amides is 1. The number of nitrogens with one attached hydrogen (secondary N) is 1. The number of fused-ring (bicyclic) bond motifs is 1. The summed E-state index contributed by atoms with van der Waals surface area (Å²) in [6, 6.07) is -0.291. The summed E-state index contributed by atoms with van der Waals surface area (Å²) in [5.41, 5.74) is -0.627. The Bertz CT molecular complexity index is 1000. The molecule has 3 saturated heterocycles. The highest BCUT2D eigenvalue weighted by Gasteiger charge is 2.52. The number of rotatable bonds is 4. The Kier molecular flexibility index (Phi) is 8.60. The van der Waals surface area contributed by atoms with Gasteiger partial charge < -0.3 is 25.0 Å². The molecule has 1 amide bonds. The number of aromatic nitrogens is 1. The molecule has 0 bridgehead atoms. The molecule has 4 heterocycles. The lowest BCUT2D eigenvalue weighted by Crippen LogP contribution is -2.48. The molecule has 0 aliphatic carbocycles. The average Bonchev–Trinajstić information content (AvgIpc) is 3.72. The predicted molar refractivity (Wildman–Crippen MR) is 142 cm³/mol. The number of hydrogen-bond acceptors (Lipinski definition) is 8. The molecule has 37 heavy (non-hydrogen) atoms. The number of ether oxygens (including phenoxy) is 2. The molecule has 3 fully saturated rings. The monoisotopic (exact) mass is 534 g/mol. The highest BCUT2D eigenvalue weighted by Crippen LogP contribution is 2.44. The van der Waals surface area contributed by atoms with Crippen LogP contribution in [-0.4, -0.2) is 69.6 Å². The van der Waals surface area contributed by atoms with Crippen molar-refractivity contribution in [1.82, 2.24) is 10.3 Å². The SMILES string of the molecule is Cc1nc(C=C[C@@H]2CC3OC3(C)CCC[C@H](C)[C@@H](O)[C@@H](CC3CO3)C(=O)C(C)(C)[C@@H](O)CC(=O)N2)cs1. The number of aliphatic hydroxyl groups is 2. The standard InChI is InChI=1S/C28H42N2O6S/c1-16-7-6-10-28(5)23(36-28)11-18(8-9-19-15-37-17(2)29-19)30-24(32)13-22(31)27(3,4)26(34)21(25(16)33)12-20-14-35-20/h8-9,15-16,18,20-23,25,31,33H,6-7,10-14H2,1-5H3,(H,30,32)/t16-,18+,20?,21+,22-,23?,25+,28?/m0/s1. The lowest BCUT2D eigenvalue weighted by Gasteiger charge is -2.36. The number of epoxide rings is 2. The zero-order valence-electron chi connectivity index (χ0n) is 22.6. The van der Waals surface area contributed by atoms with Gasteiger partial charge in [-0.3, -0.25) is 9.59 Å². The van der Waals surface area contributed by atoms with Crippen LogP contribution in [0.15, 0.2) is 11.5 Å². The number of aryl methyl sites for hydroxylation is 1. The highest BCUT2D eigenvalue weighted by molar-refractivity contribution is 7.09. The van der Waals surface area contributed by atoms with Gasteiger partial charge in [0.25, 0.3) is 0 Å². The Hall–Kier alpha value is -1.65. The van der Waals surface area contributed by atoms with Gasteiger partial charge in [-0.1, -0.05) is 33.3 Å². The van der Waals surface area contributed by atoms with E-state index in [0.717, 1.165) is 30.0 Å². The topological polar surface area (TPSA) is 125 Å². The van der Waals surface area contributed by atoms with Crippen LogP contribution >= 0.6 is 11.3 Å². The molecule has 3 unspecified atom stereocenters. The molecule has 8 nitrogen and oxygen atoms in total. The Labute approximate surface area is 223 Å². The second-order valence-corrected chi connectivity index (χ2v) is 13.0. The fourth-order valence-electron chi connectivity index (χ4n) is 5.47. The minimum absolute atomic E-state index is 0.00969. The van der Waals surface area contributed by atoms with E-state index < -0.39 is 23.5 Å². The van der Waals surface area contributed by atoms with Crippen LogP contribution in [0.5, 0.6) is 0 Å². The molecule has 9 heteroatoms. The summed E-state index contributed by atoms with van der Waals surface area (Å²) in [4.78, 5) is 31.2. The maximum absolute atomic E-state index is 13.7. The van der Waals surface area contributed by atoms with Crippen molar-refractivity contribution in [1.29, 1.82) is 0 Å². The number of Topliss-reactive ketones (excluding diaryl/α,β-unsaturated/α-hetero) is 1. The van der Waals surface area contributed by atoms with Gasteiger partial charge in [-0.25, -0.2) is 4.98 Å². The van der Waals surface area contributed by atoms with Crippen molar-refractivity contribution in [3.63, 3.8) is 0 Å². The van der Waals surface area contributed by atoms with E-state index in [-0.39, 0.29) is 47.9 Å². The van der Waals surface area contributed by atoms with E-state index in [9.17, 15) is 19.8 Å². The number of thiazole rings is 1. The van der Waals surface area contributed by atoms with Gasteiger partial charge in [0.05, 0.1) is 65.2 Å². The third-order valence-corrected chi connectivity index (χ3v) is 9.21. The summed E-state index contributed by atoms with van der Waals surface area (Å²) in [7, 11) is 0. The van der Waals surface area contributed by atoms with Crippen LogP contribution in [0.25, 0.3) is 6.08 Å². The Balaban J connectivity index is 1.55. The lowest BCUT2D eigenvalue weighted by molar-refractivity contribution is -0.144. The predicted octanol–water partition coefficient (Wildman–Crippen LogP) is 3.43. The van der Waals surface area contributed by atoms with Gasteiger partial charge >= 0.3 is 0 Å². The van der Waals surface area contributed by atoms with E-state index in [2.05, 4.69) is 17.2 Å². The first-order valence-electron chi connectivity index (χ1n) is 13.5. The van der Waals surface area contributed by atoms with E-state index in [1.165, 1.54) is 0 Å². The minimum atomic E-state index is -1.20. The Morgan fingerprint density at radius 3 is 2.65 bits per heavy atom. The maximum Gasteiger partial charge on any atom is 0.223 e. The number of aliphatic hydroxyl groups excluding tert-OH is 2. The van der Waals surface area contributed by atoms with E-state index in [4.69, 9.17) is 9.47 Å². The van der Waals surface area contributed by atoms with Gasteiger partial charge in [-0.2, -0.15) is 0 Å². The van der Waals surface area contributed by atoms with Crippen LogP contribution in [0.1, 0.15) is 76.9 Å². The smallest absolute Gasteiger partial charge is 0.223 e. The molecular weight excluding hydrogens is 492 g/mol. The van der Waals surface area contributed by atoms with E-state index in [0.29, 0.717) is 19.4 Å². The van der Waals surface area contributed by atoms with E-state index in [1.54, 1.807) is 25.2 Å². The van der Waals surface area contributed by atoms with Crippen molar-refractivity contribution in [2.75, 3.05) is 6.61 Å². The lowest BCUT2D eigenvalue weighted by atomic mass is 9.71. The number of nitrogens with zero attached hydrogens (tertiary/aromatic N) is 1. The second-order valence-electron chi connectivity index (χ2n) is 11.9. The minimum Gasteiger partial charge on any atom is -0.392 e. The number of hydrogen-bond donors (Lipinski definition) is 3. The van der Waals surface area contributed by atoms with Crippen molar-refractivity contribution in [3.05, 3.63) is 22.2 Å². The molecule has 0 spiro atoms. The Morgan fingerprint density at radius 2 is 2.00 bits per heavy atom. The first-order valence-corrected chi connectivity index (χ1v) is 14.4. The van der Waals surface area contributed by atoms with Gasteiger partial charge in [-0.05, 0) is 45.1 Å². The van der Waals surface area contributed by atoms with E-state index in [1.807, 2.05) is 31.4 Å². The zero-order valence-corrected chi connectivity index (χ0v) is 23.4. The summed E-state index contributed by atoms with van der Waals surface area (Å²) in [6.45, 7) is 9.94. The van der Waals surface area contributed by atoms with Gasteiger partial charge in [0.1, 0.15) is 5.78 Å². The second kappa shape index (κ2) is 11.2. The normalized spacial score (nSPS) is 39.3. The summed E-state index contributed by atoms with van der Waals surface area (Å²) in [6.07, 6.45) is 5.11. The first kappa shape index (κ1) is 28.4. The van der Waals surface area contributed by atoms with Crippen molar-refractivity contribution in [2.45, 2.75) is 109 Å². The van der Waals surface area contributed by atoms with Crippen molar-refractivity contribution < 1.29 is 29.3 Å². The van der Waals surface area contributed by atoms with Crippen LogP contribution in [0.2, 0.25) is 0 Å². The van der Waals surface area contributed by atoms with E-state index >= 15 is 0 Å². The molecule has 0 aromatic carbocycles. The Morgan fingerprint density at radius 1 is 1.27 bits per heavy atom. The molecule has 3 N–H and O–H groups in total. The van der Waals surface area contributed by atoms with Crippen LogP contribution in [0.4, 0.5) is 0 Å². The van der Waals surface area contributed by atoms with Crippen molar-refractivity contribution in [3.8, 4) is 0 Å². The third-order valence-electron chi connectivity index (χ3n) is 8.42. The quantitative estimate of drug-likeness (QED) is 0.506. The number of carbonyl (C=O) groups is 2. The van der Waals surface area contributed by atoms with Gasteiger partial charge in [0.15, 0.2) is 0 Å². The number of carbonyl (C=O) groups excluding carboxylic acids is 2. The fraction of sp³-hybridized carbons (Fsp3) is 0.750. The van der Waals surface area contributed by atoms with Crippen LogP contribution in [0.3, 0.4) is 0 Å². The molecule has 4 rings (SSSR count). The summed E-state index contributed by atoms with van der Waals surface area (Å²) in [5.74, 6) is -1.29. The largest absolute Gasteiger partial charge is 0.392 e. The van der Waals surface area contributed by atoms with Gasteiger partial charge in [-0.15, -0.1) is 11.3 Å². The van der Waals surface area contributed by atoms with Crippen molar-refractivity contribution in [2.24, 2.45) is 17.3 Å². The first-order chi connectivity index (χ1) is 17.4. The maximum atomic E-state index is 13.7. The van der Waals surface area contributed by atoms with Crippen LogP contribution < -0.4 is 5.32 Å². The molecule has 3 aliphatic rings. The zero-order chi connectivity index (χ0) is 27.0. The summed E-state index contributed by atoms with van der Waals surface area (Å²) < 4.78 is 11.5. The molecule has 1 aromatic rings. The molecule has 206 valence electrons. The molecule has 8 atom stereocenters. The molecule has 3 aliphatic heterocycles. The molecule has 0 radical (unpaired) electrons. The van der Waals surface area contributed by atoms with Crippen LogP contribution in [0, 0.1) is 24.2 Å². The third kappa shape index (κ3) is 7.06. The fourth-order valence-corrected chi connectivity index (χ4v) is 6.05. The summed E-state index contributed by atoms with van der Waals surface area (Å²) >= 11 is 1.57. The van der Waals surface area contributed by atoms with Gasteiger partial charge in [0.2, 0.25) is 5.91 Å². The molecular formula is C28H42N2O6S. The van der Waals surface area contributed by atoms with Crippen LogP contribution in [-0.2, 0) is 19.1 Å². The highest BCUT2D eigenvalue weighted by atomic mass is 32.1. The average molecular weight is 535 g/mol. The molecule has 1 aromatic heterocycles.